The van der Waals surface area contributed by atoms with E-state index in [-0.39, 0.29) is 0 Å². The van der Waals surface area contributed by atoms with Crippen molar-refractivity contribution in [1.29, 1.82) is 0 Å². The van der Waals surface area contributed by atoms with E-state index in [1.807, 2.05) is 0 Å². The summed E-state index contributed by atoms with van der Waals surface area (Å²) in [6.07, 6.45) is 19.2. The second kappa shape index (κ2) is 5.68. The molecule has 0 radical (unpaired) electrons. The van der Waals surface area contributed by atoms with E-state index in [1.165, 1.54) is 37.8 Å². The summed E-state index contributed by atoms with van der Waals surface area (Å²) in [7, 11) is -1.33. The van der Waals surface area contributed by atoms with Gasteiger partial charge in [0, 0.05) is 0 Å². The van der Waals surface area contributed by atoms with Crippen LogP contribution in [0.2, 0.25) is 12.1 Å². The smallest absolute Gasteiger partial charge is 0.0809 e. The summed E-state index contributed by atoms with van der Waals surface area (Å²) in [5, 5.41) is 3.58. The van der Waals surface area contributed by atoms with E-state index in [0.29, 0.717) is 0 Å². The Kier molecular flexibility index (Phi) is 4.22. The minimum atomic E-state index is -1.33. The van der Waals surface area contributed by atoms with Crippen molar-refractivity contribution in [3.63, 3.8) is 0 Å². The van der Waals surface area contributed by atoms with Gasteiger partial charge in [-0.25, -0.2) is 0 Å². The molecule has 92 valence electrons. The molecular formula is C16H24Si. The van der Waals surface area contributed by atoms with Crippen molar-refractivity contribution in [1.82, 2.24) is 0 Å². The molecule has 1 heteroatoms. The van der Waals surface area contributed by atoms with Crippen LogP contribution in [0.15, 0.2) is 46.8 Å². The molecule has 0 saturated carbocycles. The largest absolute Gasteiger partial charge is 0.109 e. The van der Waals surface area contributed by atoms with E-state index in [0.717, 1.165) is 0 Å². The van der Waals surface area contributed by atoms with Crippen LogP contribution in [0.5, 0.6) is 0 Å². The van der Waals surface area contributed by atoms with E-state index in [1.54, 1.807) is 10.4 Å². The molecule has 0 N–H and O–H groups in total. The van der Waals surface area contributed by atoms with Gasteiger partial charge in [0.15, 0.2) is 0 Å². The normalized spacial score (nSPS) is 18.7. The minimum Gasteiger partial charge on any atom is -0.0809 e. The number of rotatable bonds is 6. The van der Waals surface area contributed by atoms with Gasteiger partial charge in [0.1, 0.15) is 8.07 Å². The lowest BCUT2D eigenvalue weighted by molar-refractivity contribution is 0.972. The molecule has 0 aromatic heterocycles. The van der Waals surface area contributed by atoms with Crippen LogP contribution < -0.4 is 0 Å². The van der Waals surface area contributed by atoms with Crippen LogP contribution in [0.4, 0.5) is 0 Å². The van der Waals surface area contributed by atoms with Gasteiger partial charge in [-0.3, -0.25) is 0 Å². The van der Waals surface area contributed by atoms with E-state index in [4.69, 9.17) is 0 Å². The van der Waals surface area contributed by atoms with Crippen molar-refractivity contribution in [2.45, 2.75) is 51.6 Å². The molecule has 0 unspecified atom stereocenters. The molecule has 0 spiro atoms. The quantitative estimate of drug-likeness (QED) is 0.570. The second-order valence-corrected chi connectivity index (χ2v) is 9.68. The Morgan fingerprint density at radius 1 is 0.882 bits per heavy atom. The van der Waals surface area contributed by atoms with Crippen LogP contribution in [-0.2, 0) is 0 Å². The first kappa shape index (κ1) is 12.6. The highest BCUT2D eigenvalue weighted by molar-refractivity contribution is 6.92. The van der Waals surface area contributed by atoms with Crippen molar-refractivity contribution in [2.75, 3.05) is 0 Å². The Bertz CT molecular complexity index is 344. The van der Waals surface area contributed by atoms with Gasteiger partial charge in [-0.1, -0.05) is 85.6 Å². The van der Waals surface area contributed by atoms with Crippen LogP contribution >= 0.6 is 0 Å². The predicted octanol–water partition coefficient (Wildman–Crippen LogP) is 5.11. The van der Waals surface area contributed by atoms with Crippen LogP contribution in [0.25, 0.3) is 0 Å². The molecule has 0 saturated heterocycles. The molecule has 17 heavy (non-hydrogen) atoms. The summed E-state index contributed by atoms with van der Waals surface area (Å²) in [4.78, 5) is 0. The van der Waals surface area contributed by atoms with Crippen molar-refractivity contribution >= 4 is 8.07 Å². The lowest BCUT2D eigenvalue weighted by atomic mass is 10.5. The molecule has 0 amide bonds. The number of hydrogen-bond donors (Lipinski definition) is 0. The first-order chi connectivity index (χ1) is 8.33. The molecular weight excluding hydrogens is 220 g/mol. The van der Waals surface area contributed by atoms with Gasteiger partial charge in [-0.15, -0.1) is 0 Å². The molecule has 0 aromatic rings. The Labute approximate surface area is 107 Å². The predicted molar refractivity (Wildman–Crippen MR) is 79.6 cm³/mol. The molecule has 2 aliphatic carbocycles. The van der Waals surface area contributed by atoms with Gasteiger partial charge >= 0.3 is 0 Å². The summed E-state index contributed by atoms with van der Waals surface area (Å²) in [6.45, 7) is 4.70. The zero-order valence-electron chi connectivity index (χ0n) is 11.2. The first-order valence-electron chi connectivity index (χ1n) is 7.06. The minimum absolute atomic E-state index is 1.23. The van der Waals surface area contributed by atoms with E-state index < -0.39 is 8.07 Å². The van der Waals surface area contributed by atoms with Gasteiger partial charge in [-0.2, -0.15) is 0 Å². The SMILES string of the molecule is CCC[Si](CCC)(C1=CC=CC1)C1=CC=CC1. The van der Waals surface area contributed by atoms with Crippen molar-refractivity contribution < 1.29 is 0 Å². The lowest BCUT2D eigenvalue weighted by Crippen LogP contribution is -2.39. The maximum absolute atomic E-state index is 2.43. The molecule has 0 aromatic carbocycles. The summed E-state index contributed by atoms with van der Waals surface area (Å²) in [5.74, 6) is 0. The highest BCUT2D eigenvalue weighted by Crippen LogP contribution is 2.40. The Hall–Kier alpha value is -0.823. The second-order valence-electron chi connectivity index (χ2n) is 5.23. The van der Waals surface area contributed by atoms with Gasteiger partial charge in [0.25, 0.3) is 0 Å². The van der Waals surface area contributed by atoms with Crippen LogP contribution in [0.1, 0.15) is 39.5 Å². The topological polar surface area (TPSA) is 0 Å². The van der Waals surface area contributed by atoms with Crippen LogP contribution in [0.3, 0.4) is 0 Å². The third-order valence-electron chi connectivity index (χ3n) is 4.13. The zero-order chi connectivity index (χ0) is 12.1. The fraction of sp³-hybridized carbons (Fsp3) is 0.500. The molecule has 2 rings (SSSR count). The molecule has 0 heterocycles. The van der Waals surface area contributed by atoms with Crippen molar-refractivity contribution in [3.05, 3.63) is 46.8 Å². The van der Waals surface area contributed by atoms with Gasteiger partial charge in [0.05, 0.1) is 0 Å². The standard InChI is InChI=1S/C16H24Si/c1-3-13-17(14-4-2,15-9-5-6-10-15)16-11-7-8-12-16/h5-9,11H,3-4,10,12-14H2,1-2H3. The monoisotopic (exact) mass is 244 g/mol. The summed E-state index contributed by atoms with van der Waals surface area (Å²) in [6, 6.07) is 2.89. The summed E-state index contributed by atoms with van der Waals surface area (Å²) in [5.41, 5.74) is 0. The number of hydrogen-bond acceptors (Lipinski definition) is 0. The summed E-state index contributed by atoms with van der Waals surface area (Å²) < 4.78 is 0. The maximum Gasteiger partial charge on any atom is 0.109 e. The van der Waals surface area contributed by atoms with Gasteiger partial charge in [-0.05, 0) is 12.8 Å². The van der Waals surface area contributed by atoms with Gasteiger partial charge < -0.3 is 0 Å². The maximum atomic E-state index is 2.43. The molecule has 0 atom stereocenters. The first-order valence-corrected chi connectivity index (χ1v) is 9.47. The van der Waals surface area contributed by atoms with Crippen LogP contribution in [0, 0.1) is 0 Å². The molecule has 0 aliphatic heterocycles. The highest BCUT2D eigenvalue weighted by atomic mass is 28.3. The molecule has 2 aliphatic rings. The molecule has 0 nitrogen and oxygen atoms in total. The average molecular weight is 244 g/mol. The fourth-order valence-electron chi connectivity index (χ4n) is 3.43. The number of allylic oxidation sites excluding steroid dienone is 8. The molecule has 0 bridgehead atoms. The summed E-state index contributed by atoms with van der Waals surface area (Å²) >= 11 is 0. The van der Waals surface area contributed by atoms with Gasteiger partial charge in [0.2, 0.25) is 0 Å². The fourth-order valence-corrected chi connectivity index (χ4v) is 8.93. The van der Waals surface area contributed by atoms with Crippen molar-refractivity contribution in [2.24, 2.45) is 0 Å². The Morgan fingerprint density at radius 2 is 1.35 bits per heavy atom. The highest BCUT2D eigenvalue weighted by Gasteiger charge is 2.38. The van der Waals surface area contributed by atoms with E-state index in [9.17, 15) is 0 Å². The Balaban J connectivity index is 2.31. The van der Waals surface area contributed by atoms with Crippen LogP contribution in [-0.4, -0.2) is 8.07 Å². The third kappa shape index (κ3) is 2.39. The van der Waals surface area contributed by atoms with E-state index in [2.05, 4.69) is 50.3 Å². The molecule has 0 fully saturated rings. The third-order valence-corrected chi connectivity index (χ3v) is 10.0. The average Bonchev–Trinajstić information content (AvgIpc) is 3.02. The van der Waals surface area contributed by atoms with Crippen molar-refractivity contribution in [3.8, 4) is 0 Å². The van der Waals surface area contributed by atoms with E-state index >= 15 is 0 Å². The Morgan fingerprint density at radius 3 is 1.65 bits per heavy atom. The zero-order valence-corrected chi connectivity index (χ0v) is 12.2. The lowest BCUT2D eigenvalue weighted by Gasteiger charge is -2.35.